The Bertz CT molecular complexity index is 1160. The molecule has 35 heavy (non-hydrogen) atoms. The van der Waals surface area contributed by atoms with Gasteiger partial charge >= 0.3 is 0 Å². The molecule has 188 valence electrons. The van der Waals surface area contributed by atoms with Gasteiger partial charge in [-0.25, -0.2) is 13.8 Å². The van der Waals surface area contributed by atoms with Crippen LogP contribution in [0.4, 0.5) is 14.7 Å². The van der Waals surface area contributed by atoms with Crippen molar-refractivity contribution in [3.63, 3.8) is 0 Å². The topological polar surface area (TPSA) is 101 Å². The SMILES string of the molecule is CCOc1cccc2c1nc(C(F)F)n2-c1cc(O[C@H]2CC[C@H](N)CC2)nc(N2CCOCC2)n1. The molecule has 0 amide bonds. The van der Waals surface area contributed by atoms with E-state index in [-0.39, 0.29) is 18.0 Å². The Morgan fingerprint density at radius 2 is 1.89 bits per heavy atom. The highest BCUT2D eigenvalue weighted by Gasteiger charge is 2.26. The molecule has 5 rings (SSSR count). The standard InChI is InChI=1S/C24H30F2N6O3/c1-2-34-18-5-3-4-17-21(18)30-23(22(25)26)32(17)19-14-20(35-16-8-6-15(27)7-9-16)29-24(28-19)31-10-12-33-13-11-31/h3-5,14-16,22H,2,6-13,27H2,1H3/t15-,16-. The van der Waals surface area contributed by atoms with Crippen molar-refractivity contribution in [2.75, 3.05) is 37.8 Å². The maximum atomic E-state index is 14.2. The van der Waals surface area contributed by atoms with Crippen molar-refractivity contribution < 1.29 is 23.0 Å². The van der Waals surface area contributed by atoms with Crippen LogP contribution in [0.1, 0.15) is 44.9 Å². The molecule has 1 aromatic carbocycles. The van der Waals surface area contributed by atoms with Crippen LogP contribution in [0.2, 0.25) is 0 Å². The highest BCUT2D eigenvalue weighted by atomic mass is 19.3. The normalized spacial score (nSPS) is 21.0. The molecular formula is C24H30F2N6O3. The Balaban J connectivity index is 1.61. The average Bonchev–Trinajstić information content (AvgIpc) is 3.27. The number of morpholine rings is 1. The summed E-state index contributed by atoms with van der Waals surface area (Å²) in [4.78, 5) is 15.5. The molecule has 1 saturated heterocycles. The number of halogens is 2. The smallest absolute Gasteiger partial charge is 0.296 e. The summed E-state index contributed by atoms with van der Waals surface area (Å²) in [5.74, 6) is 1.07. The number of alkyl halides is 2. The second kappa shape index (κ2) is 10.3. The van der Waals surface area contributed by atoms with Gasteiger partial charge in [-0.1, -0.05) is 6.07 Å². The summed E-state index contributed by atoms with van der Waals surface area (Å²) in [6.07, 6.45) is 0.543. The van der Waals surface area contributed by atoms with Gasteiger partial charge in [0.05, 0.1) is 25.3 Å². The summed E-state index contributed by atoms with van der Waals surface area (Å²) in [7, 11) is 0. The van der Waals surface area contributed by atoms with E-state index in [1.807, 2.05) is 11.8 Å². The first kappa shape index (κ1) is 23.7. The molecule has 1 saturated carbocycles. The zero-order valence-corrected chi connectivity index (χ0v) is 19.7. The number of ether oxygens (including phenoxy) is 3. The number of nitrogens with two attached hydrogens (primary N) is 1. The van der Waals surface area contributed by atoms with Crippen molar-refractivity contribution in [2.24, 2.45) is 5.73 Å². The van der Waals surface area contributed by atoms with Gasteiger partial charge in [-0.3, -0.25) is 4.57 Å². The zero-order chi connectivity index (χ0) is 24.4. The molecule has 3 aromatic rings. The van der Waals surface area contributed by atoms with Gasteiger partial charge in [0.25, 0.3) is 6.43 Å². The third-order valence-corrected chi connectivity index (χ3v) is 6.38. The van der Waals surface area contributed by atoms with Crippen LogP contribution in [-0.4, -0.2) is 64.6 Å². The van der Waals surface area contributed by atoms with E-state index in [1.54, 1.807) is 24.3 Å². The first-order valence-corrected chi connectivity index (χ1v) is 12.1. The maximum absolute atomic E-state index is 14.2. The van der Waals surface area contributed by atoms with Gasteiger partial charge in [0.15, 0.2) is 5.82 Å². The fourth-order valence-corrected chi connectivity index (χ4v) is 4.61. The van der Waals surface area contributed by atoms with E-state index in [9.17, 15) is 8.78 Å². The minimum Gasteiger partial charge on any atom is -0.492 e. The molecule has 0 bridgehead atoms. The van der Waals surface area contributed by atoms with Gasteiger partial charge in [0, 0.05) is 25.2 Å². The molecule has 0 radical (unpaired) electrons. The molecule has 3 heterocycles. The van der Waals surface area contributed by atoms with Crippen molar-refractivity contribution in [1.82, 2.24) is 19.5 Å². The second-order valence-electron chi connectivity index (χ2n) is 8.78. The summed E-state index contributed by atoms with van der Waals surface area (Å²) in [6, 6.07) is 7.01. The molecule has 9 nitrogen and oxygen atoms in total. The minimum absolute atomic E-state index is 0.0336. The molecule has 2 aromatic heterocycles. The minimum atomic E-state index is -2.82. The van der Waals surface area contributed by atoms with E-state index in [0.29, 0.717) is 61.5 Å². The van der Waals surface area contributed by atoms with Gasteiger partial charge in [-0.2, -0.15) is 9.97 Å². The Kier molecular flexibility index (Phi) is 6.96. The summed E-state index contributed by atoms with van der Waals surface area (Å²) < 4.78 is 47.1. The van der Waals surface area contributed by atoms with Crippen molar-refractivity contribution in [3.05, 3.63) is 30.1 Å². The van der Waals surface area contributed by atoms with Crippen LogP contribution in [0.15, 0.2) is 24.3 Å². The highest BCUT2D eigenvalue weighted by Crippen LogP contribution is 2.34. The number of rotatable bonds is 7. The van der Waals surface area contributed by atoms with Gasteiger partial charge in [0.2, 0.25) is 11.8 Å². The van der Waals surface area contributed by atoms with Crippen molar-refractivity contribution in [2.45, 2.75) is 51.2 Å². The fraction of sp³-hybridized carbons (Fsp3) is 0.542. The fourth-order valence-electron chi connectivity index (χ4n) is 4.61. The molecule has 1 aliphatic carbocycles. The molecule has 2 fully saturated rings. The molecule has 0 atom stereocenters. The van der Waals surface area contributed by atoms with Crippen molar-refractivity contribution in [3.8, 4) is 17.4 Å². The average molecular weight is 489 g/mol. The molecule has 0 spiro atoms. The van der Waals surface area contributed by atoms with E-state index >= 15 is 0 Å². The van der Waals surface area contributed by atoms with Crippen LogP contribution < -0.4 is 20.1 Å². The highest BCUT2D eigenvalue weighted by molar-refractivity contribution is 5.84. The van der Waals surface area contributed by atoms with E-state index in [4.69, 9.17) is 19.9 Å². The second-order valence-corrected chi connectivity index (χ2v) is 8.78. The lowest BCUT2D eigenvalue weighted by Crippen LogP contribution is -2.37. The summed E-state index contributed by atoms with van der Waals surface area (Å²) in [5, 5.41) is 0. The van der Waals surface area contributed by atoms with E-state index in [1.165, 1.54) is 4.57 Å². The molecule has 0 unspecified atom stereocenters. The van der Waals surface area contributed by atoms with Crippen LogP contribution in [0.3, 0.4) is 0 Å². The summed E-state index contributed by atoms with van der Waals surface area (Å²) in [6.45, 7) is 4.51. The Morgan fingerprint density at radius 1 is 1.11 bits per heavy atom. The predicted molar refractivity (Wildman–Crippen MR) is 127 cm³/mol. The summed E-state index contributed by atoms with van der Waals surface area (Å²) >= 11 is 0. The molecule has 11 heteroatoms. The van der Waals surface area contributed by atoms with E-state index in [0.717, 1.165) is 25.7 Å². The van der Waals surface area contributed by atoms with Crippen LogP contribution in [0.5, 0.6) is 11.6 Å². The van der Waals surface area contributed by atoms with Crippen LogP contribution in [0.25, 0.3) is 16.9 Å². The third kappa shape index (κ3) is 5.01. The lowest BCUT2D eigenvalue weighted by atomic mass is 9.94. The van der Waals surface area contributed by atoms with Crippen LogP contribution in [0, 0.1) is 0 Å². The zero-order valence-electron chi connectivity index (χ0n) is 19.7. The lowest BCUT2D eigenvalue weighted by molar-refractivity contribution is 0.121. The van der Waals surface area contributed by atoms with Crippen molar-refractivity contribution >= 4 is 17.0 Å². The number of aromatic nitrogens is 4. The number of para-hydroxylation sites is 1. The number of imidazole rings is 1. The molecular weight excluding hydrogens is 458 g/mol. The number of hydrogen-bond donors (Lipinski definition) is 1. The van der Waals surface area contributed by atoms with Crippen LogP contribution in [-0.2, 0) is 4.74 Å². The number of hydrogen-bond acceptors (Lipinski definition) is 8. The Labute approximate surface area is 202 Å². The largest absolute Gasteiger partial charge is 0.492 e. The van der Waals surface area contributed by atoms with E-state index in [2.05, 4.69) is 15.0 Å². The predicted octanol–water partition coefficient (Wildman–Crippen LogP) is 3.64. The molecule has 1 aliphatic heterocycles. The lowest BCUT2D eigenvalue weighted by Gasteiger charge is -2.29. The maximum Gasteiger partial charge on any atom is 0.296 e. The summed E-state index contributed by atoms with van der Waals surface area (Å²) in [5.41, 5.74) is 6.88. The van der Waals surface area contributed by atoms with Gasteiger partial charge in [-0.05, 0) is 44.7 Å². The number of nitrogens with zero attached hydrogens (tertiary/aromatic N) is 5. The first-order valence-electron chi connectivity index (χ1n) is 12.1. The first-order chi connectivity index (χ1) is 17.0. The monoisotopic (exact) mass is 488 g/mol. The van der Waals surface area contributed by atoms with Gasteiger partial charge in [-0.15, -0.1) is 0 Å². The van der Waals surface area contributed by atoms with Crippen molar-refractivity contribution in [1.29, 1.82) is 0 Å². The van der Waals surface area contributed by atoms with Crippen LogP contribution >= 0.6 is 0 Å². The van der Waals surface area contributed by atoms with Gasteiger partial charge in [0.1, 0.15) is 23.2 Å². The third-order valence-electron chi connectivity index (χ3n) is 6.38. The Morgan fingerprint density at radius 3 is 2.60 bits per heavy atom. The Hall–Kier alpha value is -3.05. The number of fused-ring (bicyclic) bond motifs is 1. The number of anilines is 1. The van der Waals surface area contributed by atoms with Gasteiger partial charge < -0.3 is 24.8 Å². The number of benzene rings is 1. The molecule has 2 aliphatic rings. The van der Waals surface area contributed by atoms with E-state index < -0.39 is 12.2 Å². The quantitative estimate of drug-likeness (QED) is 0.538. The molecule has 2 N–H and O–H groups in total.